The first-order valence-corrected chi connectivity index (χ1v) is 8.65. The fraction of sp³-hybridized carbons (Fsp3) is 0.300. The number of rotatable bonds is 8. The van der Waals surface area contributed by atoms with Gasteiger partial charge >= 0.3 is 0 Å². The summed E-state index contributed by atoms with van der Waals surface area (Å²) in [5, 5.41) is 12.8. The Morgan fingerprint density at radius 2 is 1.64 bits per heavy atom. The number of nitrogens with one attached hydrogen (secondary N) is 3. The Bertz CT molecular complexity index is 693. The van der Waals surface area contributed by atoms with E-state index in [-0.39, 0.29) is 11.9 Å². The molecule has 0 aliphatic heterocycles. The predicted octanol–water partition coefficient (Wildman–Crippen LogP) is 3.65. The van der Waals surface area contributed by atoms with Crippen LogP contribution in [0.15, 0.2) is 48.5 Å². The molecule has 132 valence electrons. The molecule has 1 amide bonds. The summed E-state index contributed by atoms with van der Waals surface area (Å²) in [4.78, 5) is 12.3. The fourth-order valence-corrected chi connectivity index (χ4v) is 2.51. The number of hydrogen-bond acceptors (Lipinski definition) is 2. The van der Waals surface area contributed by atoms with Crippen molar-refractivity contribution in [3.8, 4) is 0 Å². The molecule has 0 bridgehead atoms. The number of amides is 1. The number of carbonyl (C=O) groups excluding carboxylic acids is 1. The average Bonchev–Trinajstić information content (AvgIpc) is 2.62. The van der Waals surface area contributed by atoms with E-state index in [1.54, 1.807) is 12.1 Å². The molecular formula is C20H26N4O. The van der Waals surface area contributed by atoms with Crippen molar-refractivity contribution in [3.05, 3.63) is 65.2 Å². The summed E-state index contributed by atoms with van der Waals surface area (Å²) >= 11 is 0. The summed E-state index contributed by atoms with van der Waals surface area (Å²) in [6.07, 6.45) is 4.75. The number of hydrogen-bond donors (Lipinski definition) is 4. The van der Waals surface area contributed by atoms with E-state index in [1.807, 2.05) is 24.3 Å². The molecule has 0 spiro atoms. The lowest BCUT2D eigenvalue weighted by Crippen LogP contribution is -2.29. The SMILES string of the molecule is CCCCCc1ccc(NC(=O)c2ccc(CNC(=N)N)cc2)cc1. The Labute approximate surface area is 149 Å². The summed E-state index contributed by atoms with van der Waals surface area (Å²) in [7, 11) is 0. The Balaban J connectivity index is 1.89. The summed E-state index contributed by atoms with van der Waals surface area (Å²) < 4.78 is 0. The molecule has 0 unspecified atom stereocenters. The van der Waals surface area contributed by atoms with Gasteiger partial charge in [-0.3, -0.25) is 10.2 Å². The molecule has 2 rings (SSSR count). The highest BCUT2D eigenvalue weighted by atomic mass is 16.1. The topological polar surface area (TPSA) is 91.0 Å². The van der Waals surface area contributed by atoms with Gasteiger partial charge in [0, 0.05) is 17.8 Å². The molecular weight excluding hydrogens is 312 g/mol. The fourth-order valence-electron chi connectivity index (χ4n) is 2.51. The van der Waals surface area contributed by atoms with Gasteiger partial charge in [0.05, 0.1) is 0 Å². The molecule has 25 heavy (non-hydrogen) atoms. The van der Waals surface area contributed by atoms with E-state index < -0.39 is 0 Å². The minimum atomic E-state index is -0.134. The van der Waals surface area contributed by atoms with Crippen LogP contribution in [0.25, 0.3) is 0 Å². The largest absolute Gasteiger partial charge is 0.370 e. The molecule has 0 saturated carbocycles. The van der Waals surface area contributed by atoms with E-state index in [1.165, 1.54) is 24.8 Å². The van der Waals surface area contributed by atoms with Gasteiger partial charge < -0.3 is 16.4 Å². The minimum absolute atomic E-state index is 0.0695. The molecule has 5 heteroatoms. The van der Waals surface area contributed by atoms with Crippen LogP contribution in [0.1, 0.15) is 47.7 Å². The van der Waals surface area contributed by atoms with Gasteiger partial charge in [0.1, 0.15) is 0 Å². The first-order chi connectivity index (χ1) is 12.1. The Hall–Kier alpha value is -2.82. The van der Waals surface area contributed by atoms with Gasteiger partial charge in [0.25, 0.3) is 5.91 Å². The lowest BCUT2D eigenvalue weighted by atomic mass is 10.1. The van der Waals surface area contributed by atoms with Crippen LogP contribution in [-0.2, 0) is 13.0 Å². The first kappa shape index (κ1) is 18.5. The van der Waals surface area contributed by atoms with Crippen LogP contribution in [0, 0.1) is 5.41 Å². The number of anilines is 1. The van der Waals surface area contributed by atoms with Crippen LogP contribution in [0.3, 0.4) is 0 Å². The van der Waals surface area contributed by atoms with Gasteiger partial charge in [-0.05, 0) is 48.2 Å². The van der Waals surface area contributed by atoms with E-state index in [0.29, 0.717) is 12.1 Å². The van der Waals surface area contributed by atoms with E-state index in [2.05, 4.69) is 29.7 Å². The number of guanidine groups is 1. The second-order valence-corrected chi connectivity index (χ2v) is 6.07. The number of nitrogens with two attached hydrogens (primary N) is 1. The Morgan fingerprint density at radius 3 is 2.24 bits per heavy atom. The molecule has 0 atom stereocenters. The van der Waals surface area contributed by atoms with Crippen molar-refractivity contribution in [2.75, 3.05) is 5.32 Å². The molecule has 0 fully saturated rings. The van der Waals surface area contributed by atoms with Gasteiger partial charge in [-0.25, -0.2) is 0 Å². The molecule has 0 aliphatic rings. The van der Waals surface area contributed by atoms with Crippen LogP contribution < -0.4 is 16.4 Å². The second-order valence-electron chi connectivity index (χ2n) is 6.07. The molecule has 5 N–H and O–H groups in total. The van der Waals surface area contributed by atoms with Gasteiger partial charge in [0.15, 0.2) is 5.96 Å². The summed E-state index contributed by atoms with van der Waals surface area (Å²) in [6, 6.07) is 15.3. The van der Waals surface area contributed by atoms with Crippen molar-refractivity contribution >= 4 is 17.6 Å². The zero-order chi connectivity index (χ0) is 18.1. The van der Waals surface area contributed by atoms with Crippen LogP contribution in [0.2, 0.25) is 0 Å². The van der Waals surface area contributed by atoms with Gasteiger partial charge in [-0.1, -0.05) is 44.0 Å². The lowest BCUT2D eigenvalue weighted by molar-refractivity contribution is 0.102. The molecule has 0 saturated heterocycles. The molecule has 0 aromatic heterocycles. The van der Waals surface area contributed by atoms with Crippen LogP contribution in [-0.4, -0.2) is 11.9 Å². The van der Waals surface area contributed by atoms with Gasteiger partial charge in [-0.2, -0.15) is 0 Å². The van der Waals surface area contributed by atoms with E-state index in [9.17, 15) is 4.79 Å². The van der Waals surface area contributed by atoms with Crippen LogP contribution in [0.4, 0.5) is 5.69 Å². The molecule has 2 aromatic rings. The van der Waals surface area contributed by atoms with E-state index in [4.69, 9.17) is 11.1 Å². The predicted molar refractivity (Wildman–Crippen MR) is 103 cm³/mol. The van der Waals surface area contributed by atoms with E-state index >= 15 is 0 Å². The highest BCUT2D eigenvalue weighted by molar-refractivity contribution is 6.04. The standard InChI is InChI=1S/C20H26N4O/c1-2-3-4-5-15-8-12-18(13-9-15)24-19(25)17-10-6-16(7-11-17)14-23-20(21)22/h6-13H,2-5,14H2,1H3,(H,24,25)(H4,21,22,23). The molecule has 0 radical (unpaired) electrons. The summed E-state index contributed by atoms with van der Waals surface area (Å²) in [5.41, 5.74) is 8.91. The number of unbranched alkanes of at least 4 members (excludes halogenated alkanes) is 2. The van der Waals surface area contributed by atoms with Crippen LogP contribution in [0.5, 0.6) is 0 Å². The third-order valence-corrected chi connectivity index (χ3v) is 3.98. The zero-order valence-electron chi connectivity index (χ0n) is 14.6. The average molecular weight is 338 g/mol. The molecule has 5 nitrogen and oxygen atoms in total. The van der Waals surface area contributed by atoms with E-state index in [0.717, 1.165) is 17.7 Å². The highest BCUT2D eigenvalue weighted by Crippen LogP contribution is 2.14. The third kappa shape index (κ3) is 6.30. The molecule has 2 aromatic carbocycles. The Kier molecular flexibility index (Phi) is 7.01. The first-order valence-electron chi connectivity index (χ1n) is 8.65. The van der Waals surface area contributed by atoms with Crippen molar-refractivity contribution in [3.63, 3.8) is 0 Å². The monoisotopic (exact) mass is 338 g/mol. The molecule has 0 heterocycles. The number of carbonyl (C=O) groups is 1. The maximum absolute atomic E-state index is 12.3. The smallest absolute Gasteiger partial charge is 0.255 e. The normalized spacial score (nSPS) is 10.3. The third-order valence-electron chi connectivity index (χ3n) is 3.98. The zero-order valence-corrected chi connectivity index (χ0v) is 14.6. The van der Waals surface area contributed by atoms with Crippen molar-refractivity contribution < 1.29 is 4.79 Å². The quantitative estimate of drug-likeness (QED) is 0.336. The minimum Gasteiger partial charge on any atom is -0.370 e. The number of aryl methyl sites for hydroxylation is 1. The van der Waals surface area contributed by atoms with Crippen molar-refractivity contribution in [2.45, 2.75) is 39.2 Å². The maximum atomic E-state index is 12.3. The van der Waals surface area contributed by atoms with Crippen molar-refractivity contribution in [2.24, 2.45) is 5.73 Å². The second kappa shape index (κ2) is 9.47. The summed E-state index contributed by atoms with van der Waals surface area (Å²) in [5.74, 6) is -0.204. The maximum Gasteiger partial charge on any atom is 0.255 e. The Morgan fingerprint density at radius 1 is 1.00 bits per heavy atom. The van der Waals surface area contributed by atoms with Crippen molar-refractivity contribution in [1.29, 1.82) is 5.41 Å². The van der Waals surface area contributed by atoms with Gasteiger partial charge in [-0.15, -0.1) is 0 Å². The van der Waals surface area contributed by atoms with Gasteiger partial charge in [0.2, 0.25) is 0 Å². The summed E-state index contributed by atoms with van der Waals surface area (Å²) in [6.45, 7) is 2.67. The highest BCUT2D eigenvalue weighted by Gasteiger charge is 2.06. The van der Waals surface area contributed by atoms with Crippen LogP contribution >= 0.6 is 0 Å². The number of benzene rings is 2. The van der Waals surface area contributed by atoms with Crippen molar-refractivity contribution in [1.82, 2.24) is 5.32 Å². The lowest BCUT2D eigenvalue weighted by Gasteiger charge is -2.08. The molecule has 0 aliphatic carbocycles.